The zero-order valence-electron chi connectivity index (χ0n) is 8.84. The van der Waals surface area contributed by atoms with E-state index in [1.165, 1.54) is 6.92 Å². The van der Waals surface area contributed by atoms with Crippen molar-refractivity contribution in [2.45, 2.75) is 26.7 Å². The second-order valence-electron chi connectivity index (χ2n) is 3.58. The van der Waals surface area contributed by atoms with E-state index in [9.17, 15) is 9.59 Å². The first-order valence-electron chi connectivity index (χ1n) is 4.79. The first kappa shape index (κ1) is 12.1. The molecule has 80 valence electrons. The third-order valence-corrected chi connectivity index (χ3v) is 2.70. The number of halogens is 1. The van der Waals surface area contributed by atoms with Gasteiger partial charge in [-0.3, -0.25) is 4.79 Å². The number of carbonyl (C=O) groups is 2. The Balaban J connectivity index is 2.81. The molecule has 2 nitrogen and oxygen atoms in total. The predicted molar refractivity (Wildman–Crippen MR) is 63.1 cm³/mol. The van der Waals surface area contributed by atoms with Crippen molar-refractivity contribution >= 4 is 27.5 Å². The van der Waals surface area contributed by atoms with E-state index in [0.717, 1.165) is 10.0 Å². The summed E-state index contributed by atoms with van der Waals surface area (Å²) in [5.74, 6) is 0.0833. The molecule has 0 fully saturated rings. The van der Waals surface area contributed by atoms with E-state index in [4.69, 9.17) is 0 Å². The van der Waals surface area contributed by atoms with Crippen LogP contribution in [0.4, 0.5) is 0 Å². The van der Waals surface area contributed by atoms with E-state index in [0.29, 0.717) is 18.4 Å². The van der Waals surface area contributed by atoms with Crippen LogP contribution < -0.4 is 0 Å². The molecule has 3 heteroatoms. The number of hydrogen-bond donors (Lipinski definition) is 0. The summed E-state index contributed by atoms with van der Waals surface area (Å²) in [6, 6.07) is 5.60. The lowest BCUT2D eigenvalue weighted by atomic mass is 10.0. The lowest BCUT2D eigenvalue weighted by Gasteiger charge is -2.04. The van der Waals surface area contributed by atoms with Gasteiger partial charge in [0.1, 0.15) is 5.78 Å². The molecule has 0 bridgehead atoms. The Morgan fingerprint density at radius 2 is 1.93 bits per heavy atom. The van der Waals surface area contributed by atoms with E-state index in [-0.39, 0.29) is 11.6 Å². The van der Waals surface area contributed by atoms with Gasteiger partial charge in [0.2, 0.25) is 0 Å². The Hall–Kier alpha value is -0.960. The number of hydrogen-bond acceptors (Lipinski definition) is 2. The average molecular weight is 269 g/mol. The minimum absolute atomic E-state index is 0.0315. The smallest absolute Gasteiger partial charge is 0.163 e. The van der Waals surface area contributed by atoms with E-state index in [1.54, 1.807) is 6.07 Å². The molecule has 15 heavy (non-hydrogen) atoms. The Bertz CT molecular complexity index is 397. The van der Waals surface area contributed by atoms with Crippen molar-refractivity contribution in [3.05, 3.63) is 33.8 Å². The number of rotatable bonds is 4. The van der Waals surface area contributed by atoms with Crippen LogP contribution in [0.1, 0.15) is 35.7 Å². The minimum atomic E-state index is 0.0315. The van der Waals surface area contributed by atoms with Crippen molar-refractivity contribution in [1.82, 2.24) is 0 Å². The molecule has 0 heterocycles. The van der Waals surface area contributed by atoms with Crippen molar-refractivity contribution in [1.29, 1.82) is 0 Å². The van der Waals surface area contributed by atoms with Crippen molar-refractivity contribution in [2.75, 3.05) is 0 Å². The largest absolute Gasteiger partial charge is 0.300 e. The number of carbonyl (C=O) groups excluding carboxylic acids is 2. The monoisotopic (exact) mass is 268 g/mol. The van der Waals surface area contributed by atoms with Gasteiger partial charge in [-0.15, -0.1) is 0 Å². The van der Waals surface area contributed by atoms with Gasteiger partial charge in [0.25, 0.3) is 0 Å². The quantitative estimate of drug-likeness (QED) is 0.786. The molecule has 0 N–H and O–H groups in total. The van der Waals surface area contributed by atoms with Crippen LogP contribution >= 0.6 is 15.9 Å². The molecule has 0 aliphatic carbocycles. The summed E-state index contributed by atoms with van der Waals surface area (Å²) < 4.78 is 0.888. The van der Waals surface area contributed by atoms with Gasteiger partial charge in [0.15, 0.2) is 5.78 Å². The fraction of sp³-hybridized carbons (Fsp3) is 0.333. The van der Waals surface area contributed by atoms with E-state index < -0.39 is 0 Å². The third-order valence-electron chi connectivity index (χ3n) is 2.20. The van der Waals surface area contributed by atoms with E-state index >= 15 is 0 Å². The molecule has 0 atom stereocenters. The topological polar surface area (TPSA) is 34.1 Å². The highest BCUT2D eigenvalue weighted by Crippen LogP contribution is 2.18. The SMILES string of the molecule is CC(=O)CCC(=O)c1cc(Br)ccc1C. The molecule has 0 aliphatic rings. The van der Waals surface area contributed by atoms with Crippen molar-refractivity contribution in [3.8, 4) is 0 Å². The molecule has 1 rings (SSSR count). The van der Waals surface area contributed by atoms with Crippen LogP contribution in [0.5, 0.6) is 0 Å². The standard InChI is InChI=1S/C12H13BrO2/c1-8-3-5-10(13)7-11(8)12(15)6-4-9(2)14/h3,5,7H,4,6H2,1-2H3. The Kier molecular flexibility index (Phi) is 4.21. The van der Waals surface area contributed by atoms with Crippen LogP contribution in [0, 0.1) is 6.92 Å². The summed E-state index contributed by atoms with van der Waals surface area (Å²) in [4.78, 5) is 22.5. The van der Waals surface area contributed by atoms with Crippen LogP contribution in [0.3, 0.4) is 0 Å². The van der Waals surface area contributed by atoms with Gasteiger partial charge in [-0.2, -0.15) is 0 Å². The van der Waals surface area contributed by atoms with Gasteiger partial charge in [-0.25, -0.2) is 0 Å². The summed E-state index contributed by atoms with van der Waals surface area (Å²) in [6.45, 7) is 3.40. The van der Waals surface area contributed by atoms with E-state index in [1.807, 2.05) is 19.1 Å². The number of Topliss-reactive ketones (excluding diaryl/α,β-unsaturated/α-hetero) is 2. The summed E-state index contributed by atoms with van der Waals surface area (Å²) in [6.07, 6.45) is 0.622. The third kappa shape index (κ3) is 3.59. The normalized spacial score (nSPS) is 10.1. The minimum Gasteiger partial charge on any atom is -0.300 e. The fourth-order valence-corrected chi connectivity index (χ4v) is 1.68. The zero-order chi connectivity index (χ0) is 11.4. The second kappa shape index (κ2) is 5.21. The van der Waals surface area contributed by atoms with Crippen LogP contribution in [0.15, 0.2) is 22.7 Å². The molecule has 1 aromatic carbocycles. The molecular formula is C12H13BrO2. The molecule has 0 aromatic heterocycles. The Morgan fingerprint density at radius 1 is 1.27 bits per heavy atom. The first-order valence-corrected chi connectivity index (χ1v) is 5.59. The number of ketones is 2. The van der Waals surface area contributed by atoms with Crippen molar-refractivity contribution in [3.63, 3.8) is 0 Å². The molecule has 0 amide bonds. The highest BCUT2D eigenvalue weighted by Gasteiger charge is 2.10. The fourth-order valence-electron chi connectivity index (χ4n) is 1.32. The van der Waals surface area contributed by atoms with Gasteiger partial charge in [0, 0.05) is 22.9 Å². The van der Waals surface area contributed by atoms with Crippen LogP contribution in [0.2, 0.25) is 0 Å². The Morgan fingerprint density at radius 3 is 2.53 bits per heavy atom. The lowest BCUT2D eigenvalue weighted by Crippen LogP contribution is -2.04. The summed E-state index contributed by atoms with van der Waals surface area (Å²) in [7, 11) is 0. The van der Waals surface area contributed by atoms with Gasteiger partial charge >= 0.3 is 0 Å². The maximum atomic E-state index is 11.7. The predicted octanol–water partition coefficient (Wildman–Crippen LogP) is 3.31. The van der Waals surface area contributed by atoms with Crippen molar-refractivity contribution in [2.24, 2.45) is 0 Å². The highest BCUT2D eigenvalue weighted by atomic mass is 79.9. The molecule has 0 spiro atoms. The summed E-state index contributed by atoms with van der Waals surface area (Å²) in [5, 5.41) is 0. The molecule has 1 aromatic rings. The molecular weight excluding hydrogens is 256 g/mol. The molecule has 0 saturated carbocycles. The van der Waals surface area contributed by atoms with E-state index in [2.05, 4.69) is 15.9 Å². The lowest BCUT2D eigenvalue weighted by molar-refractivity contribution is -0.116. The van der Waals surface area contributed by atoms with Crippen LogP contribution in [-0.4, -0.2) is 11.6 Å². The molecule has 0 unspecified atom stereocenters. The maximum Gasteiger partial charge on any atom is 0.163 e. The Labute approximate surface area is 97.8 Å². The van der Waals surface area contributed by atoms with Crippen LogP contribution in [0.25, 0.3) is 0 Å². The van der Waals surface area contributed by atoms with Gasteiger partial charge in [-0.1, -0.05) is 22.0 Å². The summed E-state index contributed by atoms with van der Waals surface area (Å²) >= 11 is 3.33. The maximum absolute atomic E-state index is 11.7. The summed E-state index contributed by atoms with van der Waals surface area (Å²) in [5.41, 5.74) is 1.65. The molecule has 0 radical (unpaired) electrons. The average Bonchev–Trinajstić information content (AvgIpc) is 2.18. The van der Waals surface area contributed by atoms with Crippen LogP contribution in [-0.2, 0) is 4.79 Å². The first-order chi connectivity index (χ1) is 7.00. The number of benzene rings is 1. The molecule has 0 aliphatic heterocycles. The van der Waals surface area contributed by atoms with Gasteiger partial charge in [-0.05, 0) is 31.5 Å². The highest BCUT2D eigenvalue weighted by molar-refractivity contribution is 9.10. The second-order valence-corrected chi connectivity index (χ2v) is 4.50. The van der Waals surface area contributed by atoms with Gasteiger partial charge < -0.3 is 4.79 Å². The number of aryl methyl sites for hydroxylation is 1. The van der Waals surface area contributed by atoms with Gasteiger partial charge in [0.05, 0.1) is 0 Å². The zero-order valence-corrected chi connectivity index (χ0v) is 10.4. The van der Waals surface area contributed by atoms with Crippen molar-refractivity contribution < 1.29 is 9.59 Å². The molecule has 0 saturated heterocycles.